The number of hydrogen-bond acceptors (Lipinski definition) is 8. The Balaban J connectivity index is 1.50. The number of benzene rings is 2. The number of nitriles is 1. The number of nitrogens with two attached hydrogens (primary N) is 1. The lowest BCUT2D eigenvalue weighted by Gasteiger charge is -2.33. The first-order valence-electron chi connectivity index (χ1n) is 12.6. The number of hydrogen-bond donors (Lipinski definition) is 3. The average Bonchev–Trinajstić information content (AvgIpc) is 2.92. The van der Waals surface area contributed by atoms with Gasteiger partial charge >= 0.3 is 0 Å². The third kappa shape index (κ3) is 6.34. The highest BCUT2D eigenvalue weighted by atomic mass is 16.5. The molecule has 0 bridgehead atoms. The maximum atomic E-state index is 12.9. The summed E-state index contributed by atoms with van der Waals surface area (Å²) in [5, 5.41) is 21.7. The fourth-order valence-electron chi connectivity index (χ4n) is 4.35. The van der Waals surface area contributed by atoms with Gasteiger partial charge in [0.1, 0.15) is 41.1 Å². The molecule has 1 aliphatic heterocycles. The molecule has 0 saturated carbocycles. The fourth-order valence-corrected chi connectivity index (χ4v) is 4.35. The van der Waals surface area contributed by atoms with E-state index in [1.165, 1.54) is 6.33 Å². The quantitative estimate of drug-likeness (QED) is 0.225. The number of para-hydroxylation sites is 1. The molecule has 2 aromatic carbocycles. The number of ether oxygens (including phenoxy) is 1. The van der Waals surface area contributed by atoms with E-state index in [2.05, 4.69) is 15.3 Å². The molecular weight excluding hydrogens is 478 g/mol. The van der Waals surface area contributed by atoms with Crippen molar-refractivity contribution in [3.05, 3.63) is 83.7 Å². The Bertz CT molecular complexity index is 1360. The molecule has 1 amide bonds. The summed E-state index contributed by atoms with van der Waals surface area (Å²) >= 11 is 0. The highest BCUT2D eigenvalue weighted by Gasteiger charge is 2.27. The Kier molecular flexibility index (Phi) is 8.34. The van der Waals surface area contributed by atoms with Crippen LogP contribution in [0.3, 0.4) is 0 Å². The van der Waals surface area contributed by atoms with Crippen molar-refractivity contribution >= 4 is 23.3 Å². The van der Waals surface area contributed by atoms with Crippen molar-refractivity contribution in [1.29, 1.82) is 10.7 Å². The number of likely N-dealkylation sites (tertiary alicyclic amines) is 1. The third-order valence-corrected chi connectivity index (χ3v) is 6.15. The minimum Gasteiger partial charge on any atom is -0.457 e. The van der Waals surface area contributed by atoms with Crippen LogP contribution in [-0.4, -0.2) is 45.6 Å². The number of nitrogens with zero attached hydrogens (tertiary/aromatic N) is 4. The molecule has 1 fully saturated rings. The molecule has 4 rings (SSSR count). The van der Waals surface area contributed by atoms with Gasteiger partial charge in [-0.05, 0) is 55.2 Å². The van der Waals surface area contributed by atoms with E-state index in [1.807, 2.05) is 50.2 Å². The maximum Gasteiger partial charge on any atom is 0.264 e. The van der Waals surface area contributed by atoms with E-state index in [-0.39, 0.29) is 35.0 Å². The first-order valence-corrected chi connectivity index (χ1v) is 12.6. The van der Waals surface area contributed by atoms with E-state index in [9.17, 15) is 10.1 Å². The Labute approximate surface area is 222 Å². The summed E-state index contributed by atoms with van der Waals surface area (Å²) in [6.07, 6.45) is 4.64. The van der Waals surface area contributed by atoms with E-state index in [0.717, 1.165) is 18.6 Å². The molecule has 9 nitrogen and oxygen atoms in total. The molecule has 9 heteroatoms. The number of rotatable bonds is 8. The van der Waals surface area contributed by atoms with E-state index >= 15 is 0 Å². The summed E-state index contributed by atoms with van der Waals surface area (Å²) in [6, 6.07) is 18.6. The zero-order valence-corrected chi connectivity index (χ0v) is 21.5. The molecule has 0 radical (unpaired) electrons. The van der Waals surface area contributed by atoms with E-state index in [0.29, 0.717) is 35.8 Å². The number of piperidine rings is 1. The average molecular weight is 510 g/mol. The minimum atomic E-state index is -0.263. The summed E-state index contributed by atoms with van der Waals surface area (Å²) in [4.78, 5) is 23.1. The van der Waals surface area contributed by atoms with Gasteiger partial charge in [0, 0.05) is 24.7 Å². The SMILES string of the molecule is CC(C)/C=C(\C#N)C(=O)N1CCCC(Nc2ncnc(N)c2C(=N)c2ccc(Oc3ccccc3)cc2)C1. The molecule has 1 atom stereocenters. The smallest absolute Gasteiger partial charge is 0.264 e. The van der Waals surface area contributed by atoms with Gasteiger partial charge in [0.2, 0.25) is 0 Å². The van der Waals surface area contributed by atoms with Gasteiger partial charge in [-0.3, -0.25) is 10.2 Å². The maximum absolute atomic E-state index is 12.9. The van der Waals surface area contributed by atoms with Gasteiger partial charge in [0.15, 0.2) is 0 Å². The zero-order chi connectivity index (χ0) is 27.1. The molecule has 1 unspecified atom stereocenters. The van der Waals surface area contributed by atoms with Gasteiger partial charge in [0.05, 0.1) is 11.3 Å². The third-order valence-electron chi connectivity index (χ3n) is 6.15. The summed E-state index contributed by atoms with van der Waals surface area (Å²) < 4.78 is 5.85. The molecule has 2 heterocycles. The van der Waals surface area contributed by atoms with Crippen molar-refractivity contribution in [2.24, 2.45) is 5.92 Å². The molecule has 0 spiro atoms. The van der Waals surface area contributed by atoms with Crippen LogP contribution in [0.15, 0.2) is 72.6 Å². The van der Waals surface area contributed by atoms with Gasteiger partial charge in [-0.15, -0.1) is 0 Å². The summed E-state index contributed by atoms with van der Waals surface area (Å²) in [6.45, 7) is 4.87. The zero-order valence-electron chi connectivity index (χ0n) is 21.5. The highest BCUT2D eigenvalue weighted by Crippen LogP contribution is 2.26. The van der Waals surface area contributed by atoms with Gasteiger partial charge in [0.25, 0.3) is 5.91 Å². The van der Waals surface area contributed by atoms with Crippen molar-refractivity contribution in [2.45, 2.75) is 32.7 Å². The van der Waals surface area contributed by atoms with E-state index in [1.54, 1.807) is 35.2 Å². The molecule has 38 heavy (non-hydrogen) atoms. The number of aromatic nitrogens is 2. The number of carbonyl (C=O) groups is 1. The van der Waals surface area contributed by atoms with Crippen molar-refractivity contribution in [3.8, 4) is 17.6 Å². The number of nitrogen functional groups attached to an aromatic ring is 1. The number of allylic oxidation sites excluding steroid dienone is 1. The van der Waals surface area contributed by atoms with Crippen LogP contribution < -0.4 is 15.8 Å². The lowest BCUT2D eigenvalue weighted by Crippen LogP contribution is -2.45. The minimum absolute atomic E-state index is 0.101. The predicted molar refractivity (Wildman–Crippen MR) is 147 cm³/mol. The molecule has 4 N–H and O–H groups in total. The first kappa shape index (κ1) is 26.4. The van der Waals surface area contributed by atoms with Crippen LogP contribution in [-0.2, 0) is 4.79 Å². The molecule has 1 aromatic heterocycles. The Morgan fingerprint density at radius 3 is 2.58 bits per heavy atom. The Hall–Kier alpha value is -4.71. The molecular formula is C29H31N7O2. The number of amides is 1. The van der Waals surface area contributed by atoms with E-state index in [4.69, 9.17) is 15.9 Å². The topological polar surface area (TPSA) is 141 Å². The second kappa shape index (κ2) is 12.0. The Morgan fingerprint density at radius 1 is 1.18 bits per heavy atom. The van der Waals surface area contributed by atoms with Crippen molar-refractivity contribution in [3.63, 3.8) is 0 Å². The molecule has 3 aromatic rings. The van der Waals surface area contributed by atoms with Crippen LogP contribution in [0.5, 0.6) is 11.5 Å². The van der Waals surface area contributed by atoms with Crippen LogP contribution >= 0.6 is 0 Å². The largest absolute Gasteiger partial charge is 0.457 e. The number of carbonyl (C=O) groups excluding carboxylic acids is 1. The highest BCUT2D eigenvalue weighted by molar-refractivity contribution is 6.16. The molecule has 1 saturated heterocycles. The molecule has 194 valence electrons. The van der Waals surface area contributed by atoms with Crippen molar-refractivity contribution in [2.75, 3.05) is 24.1 Å². The summed E-state index contributed by atoms with van der Waals surface area (Å²) in [5.74, 6) is 1.84. The number of anilines is 2. The van der Waals surface area contributed by atoms with Crippen LogP contribution in [0.1, 0.15) is 37.8 Å². The van der Waals surface area contributed by atoms with Crippen LogP contribution in [0, 0.1) is 22.7 Å². The van der Waals surface area contributed by atoms with E-state index < -0.39 is 0 Å². The lowest BCUT2D eigenvalue weighted by atomic mass is 10.0. The summed E-state index contributed by atoms with van der Waals surface area (Å²) in [7, 11) is 0. The second-order valence-corrected chi connectivity index (χ2v) is 9.47. The monoisotopic (exact) mass is 509 g/mol. The lowest BCUT2D eigenvalue weighted by molar-refractivity contribution is -0.127. The fraction of sp³-hybridized carbons (Fsp3) is 0.276. The Morgan fingerprint density at radius 2 is 1.89 bits per heavy atom. The van der Waals surface area contributed by atoms with Crippen molar-refractivity contribution < 1.29 is 9.53 Å². The van der Waals surface area contributed by atoms with Crippen LogP contribution in [0.2, 0.25) is 0 Å². The molecule has 1 aliphatic rings. The standard InChI is InChI=1S/C29H31N7O2/c1-19(2)15-21(16-30)29(37)36-14-6-7-22(17-36)35-28-25(27(32)33-18-34-28)26(31)20-10-12-24(13-11-20)38-23-8-4-3-5-9-23/h3-5,8-13,15,18-19,22,31H,6-7,14,17H2,1-2H3,(H3,32,33,34,35)/b21-15+,31-26?. The molecule has 0 aliphatic carbocycles. The first-order chi connectivity index (χ1) is 18.4. The summed E-state index contributed by atoms with van der Waals surface area (Å²) in [5.41, 5.74) is 7.57. The van der Waals surface area contributed by atoms with Gasteiger partial charge in [-0.1, -0.05) is 38.1 Å². The normalized spacial score (nSPS) is 15.6. The van der Waals surface area contributed by atoms with Gasteiger partial charge in [-0.25, -0.2) is 9.97 Å². The van der Waals surface area contributed by atoms with Crippen molar-refractivity contribution in [1.82, 2.24) is 14.9 Å². The predicted octanol–water partition coefficient (Wildman–Crippen LogP) is 4.78. The van der Waals surface area contributed by atoms with Gasteiger partial charge in [-0.2, -0.15) is 5.26 Å². The number of nitrogens with one attached hydrogen (secondary N) is 2. The van der Waals surface area contributed by atoms with Gasteiger partial charge < -0.3 is 20.7 Å². The second-order valence-electron chi connectivity index (χ2n) is 9.47. The van der Waals surface area contributed by atoms with Crippen LogP contribution in [0.4, 0.5) is 11.6 Å². The van der Waals surface area contributed by atoms with Crippen LogP contribution in [0.25, 0.3) is 0 Å².